The summed E-state index contributed by atoms with van der Waals surface area (Å²) in [7, 11) is 0. The molecule has 4 aromatic rings. The number of aryl methyl sites for hydroxylation is 1. The van der Waals surface area contributed by atoms with E-state index in [4.69, 9.17) is 4.42 Å². The van der Waals surface area contributed by atoms with Crippen LogP contribution in [0.4, 0.5) is 0 Å². The Morgan fingerprint density at radius 2 is 1.96 bits per heavy atom. The molecule has 0 saturated carbocycles. The number of rotatable bonds is 4. The molecule has 1 aliphatic rings. The van der Waals surface area contributed by atoms with E-state index in [2.05, 4.69) is 31.1 Å². The first-order valence-corrected chi connectivity index (χ1v) is 8.72. The lowest BCUT2D eigenvalue weighted by Gasteiger charge is -2.01. The SMILES string of the molecule is N#Cc1ccccc1-c1ccc(-c2cn(Cc3nnc4n3CCC4)nn2)o1. The Labute approximate surface area is 154 Å². The molecule has 1 aliphatic heterocycles. The third kappa shape index (κ3) is 2.69. The predicted molar refractivity (Wildman–Crippen MR) is 95.3 cm³/mol. The van der Waals surface area contributed by atoms with Gasteiger partial charge in [-0.15, -0.1) is 15.3 Å². The summed E-state index contributed by atoms with van der Waals surface area (Å²) in [5.41, 5.74) is 1.97. The topological polar surface area (TPSA) is 98.3 Å². The molecular formula is C19H15N7O. The van der Waals surface area contributed by atoms with Crippen LogP contribution >= 0.6 is 0 Å². The van der Waals surface area contributed by atoms with Gasteiger partial charge in [-0.3, -0.25) is 0 Å². The number of hydrogen-bond acceptors (Lipinski definition) is 6. The van der Waals surface area contributed by atoms with E-state index in [1.54, 1.807) is 10.7 Å². The van der Waals surface area contributed by atoms with Crippen molar-refractivity contribution in [3.63, 3.8) is 0 Å². The lowest BCUT2D eigenvalue weighted by molar-refractivity contribution is 0.586. The van der Waals surface area contributed by atoms with Gasteiger partial charge in [0.15, 0.2) is 11.6 Å². The molecule has 5 rings (SSSR count). The predicted octanol–water partition coefficient (Wildman–Crippen LogP) is 2.66. The van der Waals surface area contributed by atoms with Crippen LogP contribution in [0.25, 0.3) is 22.8 Å². The van der Waals surface area contributed by atoms with Gasteiger partial charge in [0.05, 0.1) is 17.8 Å². The van der Waals surface area contributed by atoms with E-state index in [0.29, 0.717) is 29.3 Å². The van der Waals surface area contributed by atoms with Gasteiger partial charge < -0.3 is 8.98 Å². The molecule has 4 heterocycles. The second-order valence-corrected chi connectivity index (χ2v) is 6.41. The van der Waals surface area contributed by atoms with Crippen LogP contribution in [-0.4, -0.2) is 29.8 Å². The van der Waals surface area contributed by atoms with Crippen LogP contribution in [0.5, 0.6) is 0 Å². The number of hydrogen-bond donors (Lipinski definition) is 0. The Hall–Kier alpha value is -3.73. The number of fused-ring (bicyclic) bond motifs is 1. The van der Waals surface area contributed by atoms with E-state index < -0.39 is 0 Å². The van der Waals surface area contributed by atoms with Gasteiger partial charge in [0, 0.05) is 18.5 Å². The molecule has 27 heavy (non-hydrogen) atoms. The van der Waals surface area contributed by atoms with Gasteiger partial charge in [0.25, 0.3) is 0 Å². The zero-order valence-corrected chi connectivity index (χ0v) is 14.4. The molecule has 0 saturated heterocycles. The van der Waals surface area contributed by atoms with Gasteiger partial charge in [0.1, 0.15) is 23.8 Å². The van der Waals surface area contributed by atoms with E-state index in [-0.39, 0.29) is 0 Å². The Kier molecular flexibility index (Phi) is 3.57. The largest absolute Gasteiger partial charge is 0.454 e. The van der Waals surface area contributed by atoms with Crippen molar-refractivity contribution < 1.29 is 4.42 Å². The van der Waals surface area contributed by atoms with Crippen LogP contribution in [-0.2, 0) is 19.5 Å². The van der Waals surface area contributed by atoms with E-state index >= 15 is 0 Å². The standard InChI is InChI=1S/C19H15N7O/c20-10-13-4-1-2-5-14(13)16-7-8-17(27-16)15-11-25(24-21-15)12-19-23-22-18-6-3-9-26(18)19/h1-2,4-5,7-8,11H,3,6,9,12H2. The molecule has 0 unspecified atom stereocenters. The molecule has 0 fully saturated rings. The fourth-order valence-electron chi connectivity index (χ4n) is 3.38. The number of nitrogens with zero attached hydrogens (tertiary/aromatic N) is 7. The quantitative estimate of drug-likeness (QED) is 0.557. The van der Waals surface area contributed by atoms with Crippen molar-refractivity contribution in [2.45, 2.75) is 25.9 Å². The summed E-state index contributed by atoms with van der Waals surface area (Å²) in [6.45, 7) is 1.48. The first-order chi connectivity index (χ1) is 13.3. The van der Waals surface area contributed by atoms with Gasteiger partial charge in [-0.25, -0.2) is 4.68 Å². The summed E-state index contributed by atoms with van der Waals surface area (Å²) in [4.78, 5) is 0. The second-order valence-electron chi connectivity index (χ2n) is 6.41. The number of furan rings is 1. The molecular weight excluding hydrogens is 342 g/mol. The molecule has 0 bridgehead atoms. The highest BCUT2D eigenvalue weighted by Gasteiger charge is 2.18. The minimum Gasteiger partial charge on any atom is -0.454 e. The Morgan fingerprint density at radius 3 is 2.89 bits per heavy atom. The highest BCUT2D eigenvalue weighted by atomic mass is 16.3. The van der Waals surface area contributed by atoms with Gasteiger partial charge >= 0.3 is 0 Å². The van der Waals surface area contributed by atoms with Gasteiger partial charge in [-0.1, -0.05) is 17.3 Å². The Morgan fingerprint density at radius 1 is 1.07 bits per heavy atom. The van der Waals surface area contributed by atoms with Crippen molar-refractivity contribution in [2.24, 2.45) is 0 Å². The van der Waals surface area contributed by atoms with Crippen LogP contribution in [0.2, 0.25) is 0 Å². The first-order valence-electron chi connectivity index (χ1n) is 8.72. The summed E-state index contributed by atoms with van der Waals surface area (Å²) < 4.78 is 9.80. The van der Waals surface area contributed by atoms with Crippen LogP contribution in [0.3, 0.4) is 0 Å². The Bertz CT molecular complexity index is 1160. The van der Waals surface area contributed by atoms with E-state index in [0.717, 1.165) is 36.6 Å². The maximum atomic E-state index is 9.27. The van der Waals surface area contributed by atoms with E-state index in [9.17, 15) is 5.26 Å². The first kappa shape index (κ1) is 15.5. The van der Waals surface area contributed by atoms with E-state index in [1.807, 2.05) is 36.5 Å². The maximum Gasteiger partial charge on any atom is 0.156 e. The highest BCUT2D eigenvalue weighted by Crippen LogP contribution is 2.29. The minimum absolute atomic E-state index is 0.519. The van der Waals surface area contributed by atoms with Crippen LogP contribution in [0, 0.1) is 11.3 Å². The Balaban J connectivity index is 1.40. The minimum atomic E-state index is 0.519. The molecule has 8 nitrogen and oxygen atoms in total. The highest BCUT2D eigenvalue weighted by molar-refractivity contribution is 5.68. The maximum absolute atomic E-state index is 9.27. The summed E-state index contributed by atoms with van der Waals surface area (Å²) in [5.74, 6) is 3.17. The average molecular weight is 357 g/mol. The second kappa shape index (κ2) is 6.21. The number of nitriles is 1. The molecule has 0 radical (unpaired) electrons. The summed E-state index contributed by atoms with van der Waals surface area (Å²) in [6.07, 6.45) is 3.92. The third-order valence-corrected chi connectivity index (χ3v) is 4.70. The number of aromatic nitrogens is 6. The van der Waals surface area contributed by atoms with Crippen LogP contribution < -0.4 is 0 Å². The van der Waals surface area contributed by atoms with Crippen LogP contribution in [0.15, 0.2) is 47.0 Å². The summed E-state index contributed by atoms with van der Waals surface area (Å²) in [6, 6.07) is 13.2. The van der Waals surface area contributed by atoms with Crippen molar-refractivity contribution in [3.8, 4) is 28.8 Å². The fourth-order valence-corrected chi connectivity index (χ4v) is 3.38. The molecule has 3 aromatic heterocycles. The molecule has 1 aromatic carbocycles. The number of benzene rings is 1. The monoisotopic (exact) mass is 357 g/mol. The van der Waals surface area contributed by atoms with Crippen molar-refractivity contribution in [3.05, 3.63) is 59.8 Å². The molecule has 8 heteroatoms. The molecule has 0 aliphatic carbocycles. The smallest absolute Gasteiger partial charge is 0.156 e. The average Bonchev–Trinajstić information content (AvgIpc) is 3.47. The fraction of sp³-hybridized carbons (Fsp3) is 0.211. The lowest BCUT2D eigenvalue weighted by Crippen LogP contribution is -2.08. The van der Waals surface area contributed by atoms with Crippen LogP contribution in [0.1, 0.15) is 23.6 Å². The van der Waals surface area contributed by atoms with Crippen molar-refractivity contribution in [2.75, 3.05) is 0 Å². The van der Waals surface area contributed by atoms with Crippen molar-refractivity contribution >= 4 is 0 Å². The molecule has 0 amide bonds. The summed E-state index contributed by atoms with van der Waals surface area (Å²) >= 11 is 0. The summed E-state index contributed by atoms with van der Waals surface area (Å²) in [5, 5.41) is 26.1. The van der Waals surface area contributed by atoms with E-state index in [1.165, 1.54) is 0 Å². The van der Waals surface area contributed by atoms with Crippen molar-refractivity contribution in [1.29, 1.82) is 5.26 Å². The molecule has 0 spiro atoms. The molecule has 0 N–H and O–H groups in total. The molecule has 0 atom stereocenters. The van der Waals surface area contributed by atoms with Gasteiger partial charge in [0.2, 0.25) is 0 Å². The van der Waals surface area contributed by atoms with Gasteiger partial charge in [-0.05, 0) is 30.7 Å². The zero-order chi connectivity index (χ0) is 18.2. The normalized spacial score (nSPS) is 12.9. The molecule has 132 valence electrons. The zero-order valence-electron chi connectivity index (χ0n) is 14.4. The third-order valence-electron chi connectivity index (χ3n) is 4.70. The van der Waals surface area contributed by atoms with Crippen molar-refractivity contribution in [1.82, 2.24) is 29.8 Å². The van der Waals surface area contributed by atoms with Gasteiger partial charge in [-0.2, -0.15) is 5.26 Å². The lowest BCUT2D eigenvalue weighted by atomic mass is 10.1.